The first-order valence-corrected chi connectivity index (χ1v) is 7.56. The zero-order chi connectivity index (χ0) is 17.0. The Kier molecular flexibility index (Phi) is 5.31. The van der Waals surface area contributed by atoms with E-state index in [-0.39, 0.29) is 25.7 Å². The van der Waals surface area contributed by atoms with Crippen molar-refractivity contribution in [1.29, 1.82) is 0 Å². The van der Waals surface area contributed by atoms with E-state index in [0.717, 1.165) is 11.3 Å². The SMILES string of the molecule is Cc1ccc(OCC[C@@H]2CN(C(=O)O)CCN2C(=O)O)cc1C. The number of hydrogen-bond acceptors (Lipinski definition) is 3. The Morgan fingerprint density at radius 3 is 2.52 bits per heavy atom. The Balaban J connectivity index is 1.93. The number of carboxylic acid groups (broad SMARTS) is 2. The predicted molar refractivity (Wildman–Crippen MR) is 84.1 cm³/mol. The maximum absolute atomic E-state index is 11.3. The van der Waals surface area contributed by atoms with E-state index in [9.17, 15) is 14.7 Å². The summed E-state index contributed by atoms with van der Waals surface area (Å²) in [6.45, 7) is 4.93. The van der Waals surface area contributed by atoms with Crippen LogP contribution in [0.2, 0.25) is 0 Å². The van der Waals surface area contributed by atoms with Crippen LogP contribution in [0.3, 0.4) is 0 Å². The molecule has 126 valence electrons. The number of rotatable bonds is 4. The number of benzene rings is 1. The van der Waals surface area contributed by atoms with Crippen molar-refractivity contribution in [2.24, 2.45) is 0 Å². The van der Waals surface area contributed by atoms with E-state index >= 15 is 0 Å². The lowest BCUT2D eigenvalue weighted by Crippen LogP contribution is -2.56. The van der Waals surface area contributed by atoms with E-state index in [1.54, 1.807) is 0 Å². The van der Waals surface area contributed by atoms with Crippen molar-refractivity contribution in [3.05, 3.63) is 29.3 Å². The molecule has 0 bridgehead atoms. The van der Waals surface area contributed by atoms with Gasteiger partial charge >= 0.3 is 12.2 Å². The minimum atomic E-state index is -1.02. The van der Waals surface area contributed by atoms with Gasteiger partial charge in [0, 0.05) is 26.1 Å². The number of hydrogen-bond donors (Lipinski definition) is 2. The second-order valence-electron chi connectivity index (χ2n) is 5.74. The third kappa shape index (κ3) is 4.28. The van der Waals surface area contributed by atoms with Gasteiger partial charge in [-0.25, -0.2) is 9.59 Å². The Morgan fingerprint density at radius 2 is 1.91 bits per heavy atom. The Bertz CT molecular complexity index is 590. The third-order valence-electron chi connectivity index (χ3n) is 4.20. The molecule has 0 saturated carbocycles. The second kappa shape index (κ2) is 7.21. The van der Waals surface area contributed by atoms with Crippen molar-refractivity contribution >= 4 is 12.2 Å². The van der Waals surface area contributed by atoms with Crippen LogP contribution in [0.5, 0.6) is 5.75 Å². The molecule has 1 fully saturated rings. The highest BCUT2D eigenvalue weighted by atomic mass is 16.5. The molecule has 1 saturated heterocycles. The molecular weight excluding hydrogens is 300 g/mol. The summed E-state index contributed by atoms with van der Waals surface area (Å²) in [7, 11) is 0. The van der Waals surface area contributed by atoms with Crippen molar-refractivity contribution in [3.8, 4) is 5.75 Å². The molecule has 2 rings (SSSR count). The van der Waals surface area contributed by atoms with Gasteiger partial charge in [-0.2, -0.15) is 0 Å². The van der Waals surface area contributed by atoms with Crippen LogP contribution in [0, 0.1) is 13.8 Å². The predicted octanol–water partition coefficient (Wildman–Crippen LogP) is 2.41. The van der Waals surface area contributed by atoms with Gasteiger partial charge < -0.3 is 24.7 Å². The molecule has 1 atom stereocenters. The number of ether oxygens (including phenoxy) is 1. The molecule has 0 spiro atoms. The number of aryl methyl sites for hydroxylation is 2. The van der Waals surface area contributed by atoms with Crippen molar-refractivity contribution in [2.45, 2.75) is 26.3 Å². The fourth-order valence-electron chi connectivity index (χ4n) is 2.64. The molecule has 2 N–H and O–H groups in total. The minimum absolute atomic E-state index is 0.178. The van der Waals surface area contributed by atoms with E-state index in [1.807, 2.05) is 32.0 Å². The van der Waals surface area contributed by atoms with Gasteiger partial charge in [0.15, 0.2) is 0 Å². The van der Waals surface area contributed by atoms with Gasteiger partial charge in [-0.05, 0) is 37.1 Å². The molecule has 1 aliphatic heterocycles. The monoisotopic (exact) mass is 322 g/mol. The Morgan fingerprint density at radius 1 is 1.17 bits per heavy atom. The summed E-state index contributed by atoms with van der Waals surface area (Å²) in [5.74, 6) is 0.737. The molecule has 0 unspecified atom stereocenters. The van der Waals surface area contributed by atoms with Gasteiger partial charge in [-0.3, -0.25) is 0 Å². The summed E-state index contributed by atoms with van der Waals surface area (Å²) < 4.78 is 5.68. The number of carbonyl (C=O) groups is 2. The van der Waals surface area contributed by atoms with E-state index < -0.39 is 12.2 Å². The first kappa shape index (κ1) is 16.9. The normalized spacial score (nSPS) is 17.9. The standard InChI is InChI=1S/C16H22N2O5/c1-11-3-4-14(9-12(11)2)23-8-5-13-10-17(15(19)20)6-7-18(13)16(21)22/h3-4,9,13H,5-8,10H2,1-2H3,(H,19,20)(H,21,22)/t13-/m1/s1. The highest BCUT2D eigenvalue weighted by Gasteiger charge is 2.32. The lowest BCUT2D eigenvalue weighted by molar-refractivity contribution is 0.0562. The van der Waals surface area contributed by atoms with E-state index in [1.165, 1.54) is 15.4 Å². The number of amides is 2. The van der Waals surface area contributed by atoms with Gasteiger partial charge in [0.05, 0.1) is 12.6 Å². The summed E-state index contributed by atoms with van der Waals surface area (Å²) in [5, 5.41) is 18.3. The van der Waals surface area contributed by atoms with Gasteiger partial charge in [0.25, 0.3) is 0 Å². The zero-order valence-corrected chi connectivity index (χ0v) is 13.4. The fraction of sp³-hybridized carbons (Fsp3) is 0.500. The van der Waals surface area contributed by atoms with Crippen molar-refractivity contribution < 1.29 is 24.5 Å². The molecule has 23 heavy (non-hydrogen) atoms. The summed E-state index contributed by atoms with van der Waals surface area (Å²) in [6.07, 6.45) is -1.59. The molecule has 7 nitrogen and oxygen atoms in total. The van der Waals surface area contributed by atoms with E-state index in [2.05, 4.69) is 0 Å². The fourth-order valence-corrected chi connectivity index (χ4v) is 2.64. The van der Waals surface area contributed by atoms with Crippen LogP contribution >= 0.6 is 0 Å². The maximum atomic E-state index is 11.3. The Labute approximate surface area is 135 Å². The van der Waals surface area contributed by atoms with Crippen LogP contribution in [0.1, 0.15) is 17.5 Å². The summed E-state index contributed by atoms with van der Waals surface area (Å²) in [4.78, 5) is 24.9. The van der Waals surface area contributed by atoms with Crippen molar-refractivity contribution in [2.75, 3.05) is 26.2 Å². The van der Waals surface area contributed by atoms with Gasteiger partial charge in [-0.15, -0.1) is 0 Å². The number of piperazine rings is 1. The average molecular weight is 322 g/mol. The lowest BCUT2D eigenvalue weighted by atomic mass is 10.1. The Hall–Kier alpha value is -2.44. The van der Waals surface area contributed by atoms with E-state index in [0.29, 0.717) is 13.0 Å². The molecular formula is C16H22N2O5. The molecule has 0 radical (unpaired) electrons. The largest absolute Gasteiger partial charge is 0.494 e. The molecule has 0 aliphatic carbocycles. The van der Waals surface area contributed by atoms with Crippen LogP contribution in [0.15, 0.2) is 18.2 Å². The maximum Gasteiger partial charge on any atom is 0.407 e. The third-order valence-corrected chi connectivity index (χ3v) is 4.20. The van der Waals surface area contributed by atoms with Gasteiger partial charge in [0.2, 0.25) is 0 Å². The highest BCUT2D eigenvalue weighted by molar-refractivity contribution is 5.68. The van der Waals surface area contributed by atoms with Crippen LogP contribution in [0.25, 0.3) is 0 Å². The lowest BCUT2D eigenvalue weighted by Gasteiger charge is -2.38. The quantitative estimate of drug-likeness (QED) is 0.888. The smallest absolute Gasteiger partial charge is 0.407 e. The summed E-state index contributed by atoms with van der Waals surface area (Å²) >= 11 is 0. The molecule has 1 aromatic rings. The van der Waals surface area contributed by atoms with Crippen LogP contribution in [-0.2, 0) is 0 Å². The van der Waals surface area contributed by atoms with Crippen LogP contribution in [-0.4, -0.2) is 64.5 Å². The van der Waals surface area contributed by atoms with Crippen molar-refractivity contribution in [1.82, 2.24) is 9.80 Å². The first-order chi connectivity index (χ1) is 10.9. The highest BCUT2D eigenvalue weighted by Crippen LogP contribution is 2.18. The van der Waals surface area contributed by atoms with Crippen LogP contribution in [0.4, 0.5) is 9.59 Å². The molecule has 2 amide bonds. The molecule has 0 aromatic heterocycles. The molecule has 1 heterocycles. The second-order valence-corrected chi connectivity index (χ2v) is 5.74. The molecule has 1 aliphatic rings. The summed E-state index contributed by atoms with van der Waals surface area (Å²) in [5.41, 5.74) is 2.31. The topological polar surface area (TPSA) is 90.3 Å². The average Bonchev–Trinajstić information content (AvgIpc) is 2.50. The molecule has 1 aromatic carbocycles. The van der Waals surface area contributed by atoms with Crippen LogP contribution < -0.4 is 4.74 Å². The van der Waals surface area contributed by atoms with Gasteiger partial charge in [0.1, 0.15) is 5.75 Å². The van der Waals surface area contributed by atoms with Gasteiger partial charge in [-0.1, -0.05) is 6.07 Å². The van der Waals surface area contributed by atoms with Crippen molar-refractivity contribution in [3.63, 3.8) is 0 Å². The van der Waals surface area contributed by atoms with E-state index in [4.69, 9.17) is 9.84 Å². The first-order valence-electron chi connectivity index (χ1n) is 7.56. The minimum Gasteiger partial charge on any atom is -0.494 e. The molecule has 7 heteroatoms. The zero-order valence-electron chi connectivity index (χ0n) is 13.4. The summed E-state index contributed by atoms with van der Waals surface area (Å²) in [6, 6.07) is 5.40. The number of nitrogens with zero attached hydrogens (tertiary/aromatic N) is 2.